The summed E-state index contributed by atoms with van der Waals surface area (Å²) in [5.41, 5.74) is 22.8. The third-order valence-electron chi connectivity index (χ3n) is 11.1. The second kappa shape index (κ2) is 27.6. The number of aliphatic carboxylic acids is 1. The molecule has 8 amide bonds. The number of hydrogen-bond acceptors (Lipinski definition) is 12. The smallest absolute Gasteiger partial charge is 0.305 e. The molecule has 18 N–H and O–H groups in total. The van der Waals surface area contributed by atoms with Gasteiger partial charge in [-0.15, -0.1) is 0 Å². The van der Waals surface area contributed by atoms with Crippen molar-refractivity contribution in [2.24, 2.45) is 32.9 Å². The minimum atomic E-state index is -1.64. The number of benzene rings is 2. The molecule has 1 aromatic heterocycles. The van der Waals surface area contributed by atoms with Gasteiger partial charge in [-0.05, 0) is 61.8 Å². The first kappa shape index (κ1) is 55.3. The highest BCUT2D eigenvalue weighted by molar-refractivity contribution is 5.98. The van der Waals surface area contributed by atoms with E-state index in [4.69, 9.17) is 22.9 Å². The summed E-state index contributed by atoms with van der Waals surface area (Å²) in [7, 11) is 0. The van der Waals surface area contributed by atoms with Gasteiger partial charge in [0.25, 0.3) is 0 Å². The molecule has 0 bridgehead atoms. The number of hydrogen-bond donors (Lipinski definition) is 14. The molecule has 1 fully saturated rings. The number of nitrogens with one attached hydrogen (secondary N) is 9. The Morgan fingerprint density at radius 1 is 0.761 bits per heavy atom. The van der Waals surface area contributed by atoms with Crippen molar-refractivity contribution in [1.82, 2.24) is 52.5 Å². The number of carbonyl (C=O) groups is 9. The molecule has 26 heteroatoms. The van der Waals surface area contributed by atoms with Gasteiger partial charge in [0.2, 0.25) is 47.3 Å². The van der Waals surface area contributed by atoms with Gasteiger partial charge in [-0.3, -0.25) is 53.1 Å². The molecule has 7 atom stereocenters. The molecule has 71 heavy (non-hydrogen) atoms. The zero-order valence-electron chi connectivity index (χ0n) is 39.5. The summed E-state index contributed by atoms with van der Waals surface area (Å²) in [5, 5.41) is 32.2. The number of aromatic amines is 1. The molecular weight excluding hydrogens is 925 g/mol. The van der Waals surface area contributed by atoms with Gasteiger partial charge in [0.15, 0.2) is 11.9 Å². The molecular formula is C45H64N16O10. The fourth-order valence-corrected chi connectivity index (χ4v) is 7.49. The van der Waals surface area contributed by atoms with Crippen molar-refractivity contribution < 1.29 is 48.3 Å². The van der Waals surface area contributed by atoms with E-state index in [9.17, 15) is 48.3 Å². The lowest BCUT2D eigenvalue weighted by atomic mass is 9.99. The molecule has 2 heterocycles. The lowest BCUT2D eigenvalue weighted by molar-refractivity contribution is -0.141. The maximum atomic E-state index is 14.5. The molecule has 4 rings (SSSR count). The normalized spacial score (nSPS) is 20.1. The Kier molecular flexibility index (Phi) is 21.5. The van der Waals surface area contributed by atoms with E-state index in [0.29, 0.717) is 17.7 Å². The zero-order valence-corrected chi connectivity index (χ0v) is 39.5. The van der Waals surface area contributed by atoms with Crippen molar-refractivity contribution in [3.05, 3.63) is 66.2 Å². The highest BCUT2D eigenvalue weighted by atomic mass is 16.4. The highest BCUT2D eigenvalue weighted by Gasteiger charge is 2.35. The van der Waals surface area contributed by atoms with Gasteiger partial charge in [0.1, 0.15) is 42.3 Å². The summed E-state index contributed by atoms with van der Waals surface area (Å²) in [6.07, 6.45) is 1.86. The van der Waals surface area contributed by atoms with Crippen LogP contribution >= 0.6 is 0 Å². The number of amides is 8. The Labute approximate surface area is 408 Å². The topological polar surface area (TPSA) is 428 Å². The Hall–Kier alpha value is -8.32. The van der Waals surface area contributed by atoms with E-state index in [1.165, 1.54) is 26.4 Å². The summed E-state index contributed by atoms with van der Waals surface area (Å²) in [5.74, 6) is -8.26. The number of carbonyl (C=O) groups excluding carboxylic acids is 8. The molecule has 1 aliphatic rings. The summed E-state index contributed by atoms with van der Waals surface area (Å²) in [6, 6.07) is 3.22. The molecule has 1 saturated heterocycles. The Morgan fingerprint density at radius 2 is 1.38 bits per heavy atom. The summed E-state index contributed by atoms with van der Waals surface area (Å²) >= 11 is 0. The van der Waals surface area contributed by atoms with Crippen molar-refractivity contribution in [1.29, 1.82) is 0 Å². The van der Waals surface area contributed by atoms with Crippen LogP contribution in [-0.2, 0) is 56.0 Å². The van der Waals surface area contributed by atoms with Gasteiger partial charge in [0.05, 0.1) is 12.7 Å². The van der Waals surface area contributed by atoms with E-state index >= 15 is 0 Å². The van der Waals surface area contributed by atoms with Gasteiger partial charge in [-0.1, -0.05) is 42.5 Å². The maximum absolute atomic E-state index is 14.5. The molecule has 0 spiro atoms. The van der Waals surface area contributed by atoms with Gasteiger partial charge in [-0.25, -0.2) is 4.98 Å². The molecule has 384 valence electrons. The lowest BCUT2D eigenvalue weighted by Gasteiger charge is -2.28. The van der Waals surface area contributed by atoms with E-state index in [1.54, 1.807) is 6.07 Å². The van der Waals surface area contributed by atoms with Crippen LogP contribution in [-0.4, -0.2) is 142 Å². The summed E-state index contributed by atoms with van der Waals surface area (Å²) in [6.45, 7) is 2.56. The van der Waals surface area contributed by atoms with Crippen molar-refractivity contribution >= 4 is 75.9 Å². The molecule has 26 nitrogen and oxygen atoms in total. The number of rotatable bonds is 19. The third-order valence-corrected chi connectivity index (χ3v) is 11.1. The Morgan fingerprint density at radius 3 is 2.01 bits per heavy atom. The molecule has 3 aromatic rings. The molecule has 0 radical (unpaired) electrons. The first-order valence-electron chi connectivity index (χ1n) is 22.9. The maximum Gasteiger partial charge on any atom is 0.305 e. The van der Waals surface area contributed by atoms with E-state index in [-0.39, 0.29) is 76.5 Å². The fraction of sp³-hybridized carbons (Fsp3) is 0.467. The third kappa shape index (κ3) is 18.9. The monoisotopic (exact) mass is 988 g/mol. The van der Waals surface area contributed by atoms with Crippen LogP contribution in [0.4, 0.5) is 0 Å². The van der Waals surface area contributed by atoms with Crippen LogP contribution in [0.3, 0.4) is 0 Å². The van der Waals surface area contributed by atoms with Crippen molar-refractivity contribution in [3.63, 3.8) is 0 Å². The fourth-order valence-electron chi connectivity index (χ4n) is 7.49. The van der Waals surface area contributed by atoms with Crippen LogP contribution in [0.25, 0.3) is 10.8 Å². The largest absolute Gasteiger partial charge is 0.481 e. The number of carboxylic acids is 1. The number of imidazole rings is 1. The second-order valence-corrected chi connectivity index (χ2v) is 16.9. The first-order chi connectivity index (χ1) is 33.8. The molecule has 0 unspecified atom stereocenters. The quantitative estimate of drug-likeness (QED) is 0.0312. The summed E-state index contributed by atoms with van der Waals surface area (Å²) < 4.78 is 0. The average Bonchev–Trinajstić information content (AvgIpc) is 3.83. The van der Waals surface area contributed by atoms with Gasteiger partial charge >= 0.3 is 5.97 Å². The van der Waals surface area contributed by atoms with Crippen molar-refractivity contribution in [2.75, 3.05) is 19.6 Å². The van der Waals surface area contributed by atoms with Gasteiger partial charge in [0, 0.05) is 51.3 Å². The molecule has 0 aliphatic carbocycles. The van der Waals surface area contributed by atoms with Crippen LogP contribution in [0, 0.1) is 0 Å². The predicted octanol–water partition coefficient (Wildman–Crippen LogP) is -3.73. The Bertz CT molecular complexity index is 2420. The number of nitrogens with two attached hydrogens (primary N) is 4. The highest BCUT2D eigenvalue weighted by Crippen LogP contribution is 2.18. The van der Waals surface area contributed by atoms with Gasteiger partial charge in [-0.2, -0.15) is 0 Å². The van der Waals surface area contributed by atoms with Crippen LogP contribution in [0.1, 0.15) is 70.1 Å². The van der Waals surface area contributed by atoms with E-state index in [0.717, 1.165) is 10.8 Å². The van der Waals surface area contributed by atoms with Crippen LogP contribution in [0.2, 0.25) is 0 Å². The number of guanidine groups is 2. The number of aliphatic imine (C=N–C) groups is 2. The standard InChI is InChI=1S/C45H64N16O10/c1-24(55-39(67)30(56-25(2)62)10-6-16-52-44(46)47)37(65)57-31-11-5-15-51-38(66)35(21-36(63)64)61-43(71)34(20-29-22-50-23-54-29)60-42(70)33(19-26-13-14-27-8-3-4-9-28(27)18-26)59-41(69)32(58-40(31)68)12-7-17-53-45(48)49/h3-4,8-9,13-14,18,22-24,30-35H,5-7,10-12,15-17,19-21H2,1-2H3,(H,50,54)(H,51,66)(H,55,67)(H,56,62)(H,57,65)(H,58,68)(H,59,69)(H,60,70)(H,61,71)(H,63,64)(H4,46,47,52)(H4,48,49,53)/t24-,30-,31-,32-,33-,34-,35+/m0/s1. The Balaban J connectivity index is 1.70. The number of carboxylic acid groups (broad SMARTS) is 1. The average molecular weight is 989 g/mol. The number of fused-ring (bicyclic) bond motifs is 1. The first-order valence-corrected chi connectivity index (χ1v) is 22.9. The number of H-pyrrole nitrogens is 1. The SMILES string of the molecule is CC(=O)N[C@@H](CCCN=C(N)N)C(=O)N[C@@H](C)C(=O)N[C@H]1CCCNC(=O)[C@@H](CC(=O)O)NC(=O)[C@H](Cc2cnc[nH]2)NC(=O)[C@H](Cc2ccc3ccccc3c2)NC(=O)[C@H](CCCN=C(N)N)NC1=O. The lowest BCUT2D eigenvalue weighted by Crippen LogP contribution is -2.60. The number of aromatic nitrogens is 2. The molecule has 0 saturated carbocycles. The zero-order chi connectivity index (χ0) is 52.0. The van der Waals surface area contributed by atoms with Crippen molar-refractivity contribution in [2.45, 2.75) is 114 Å². The predicted molar refractivity (Wildman–Crippen MR) is 259 cm³/mol. The van der Waals surface area contributed by atoms with Gasteiger partial charge < -0.3 is 75.6 Å². The minimum absolute atomic E-state index is 0.0212. The molecule has 1 aliphatic heterocycles. The van der Waals surface area contributed by atoms with E-state index in [2.05, 4.69) is 62.5 Å². The van der Waals surface area contributed by atoms with E-state index < -0.39 is 102 Å². The second-order valence-electron chi connectivity index (χ2n) is 16.9. The van der Waals surface area contributed by atoms with Crippen LogP contribution in [0.15, 0.2) is 65.0 Å². The van der Waals surface area contributed by atoms with E-state index in [1.807, 2.05) is 36.4 Å². The van der Waals surface area contributed by atoms with Crippen LogP contribution < -0.4 is 65.5 Å². The molecule has 2 aromatic carbocycles. The van der Waals surface area contributed by atoms with Crippen molar-refractivity contribution in [3.8, 4) is 0 Å². The van der Waals surface area contributed by atoms with Crippen LogP contribution in [0.5, 0.6) is 0 Å². The minimum Gasteiger partial charge on any atom is -0.481 e. The number of nitrogens with zero attached hydrogens (tertiary/aromatic N) is 3. The summed E-state index contributed by atoms with van der Waals surface area (Å²) in [4.78, 5) is 136.